The van der Waals surface area contributed by atoms with Crippen molar-refractivity contribution in [3.63, 3.8) is 0 Å². The molecule has 0 N–H and O–H groups in total. The summed E-state index contributed by atoms with van der Waals surface area (Å²) in [7, 11) is 0. The quantitative estimate of drug-likeness (QED) is 0.636. The van der Waals surface area contributed by atoms with Gasteiger partial charge in [-0.25, -0.2) is 0 Å². The zero-order valence-electron chi connectivity index (χ0n) is 7.66. The standard InChI is InChI=1S/C12H16/c1-10-9-12(10)8-7-11-5-3-2-4-6-11/h2-6,10,12H,7-9H2,1H3/t10-,12-/m1/s1. The SMILES string of the molecule is C[C@@H]1C[C@H]1CCc1ccccc1. The lowest BCUT2D eigenvalue weighted by molar-refractivity contribution is 0.673. The first-order valence-corrected chi connectivity index (χ1v) is 4.90. The number of rotatable bonds is 3. The lowest BCUT2D eigenvalue weighted by Gasteiger charge is -1.98. The lowest BCUT2D eigenvalue weighted by Crippen LogP contribution is -1.86. The highest BCUT2D eigenvalue weighted by molar-refractivity contribution is 5.14. The fourth-order valence-corrected chi connectivity index (χ4v) is 1.80. The Balaban J connectivity index is 1.80. The third-order valence-electron chi connectivity index (χ3n) is 2.92. The Bertz CT molecular complexity index is 237. The first-order valence-electron chi connectivity index (χ1n) is 4.90. The second-order valence-electron chi connectivity index (χ2n) is 4.00. The fourth-order valence-electron chi connectivity index (χ4n) is 1.80. The summed E-state index contributed by atoms with van der Waals surface area (Å²) in [5.41, 5.74) is 1.50. The van der Waals surface area contributed by atoms with E-state index in [2.05, 4.69) is 37.3 Å². The van der Waals surface area contributed by atoms with Gasteiger partial charge in [-0.15, -0.1) is 0 Å². The van der Waals surface area contributed by atoms with E-state index in [1.54, 1.807) is 0 Å². The lowest BCUT2D eigenvalue weighted by atomic mass is 10.1. The van der Waals surface area contributed by atoms with Gasteiger partial charge in [0.15, 0.2) is 0 Å². The van der Waals surface area contributed by atoms with Crippen LogP contribution in [0.3, 0.4) is 0 Å². The summed E-state index contributed by atoms with van der Waals surface area (Å²) in [5.74, 6) is 2.04. The Morgan fingerprint density at radius 2 is 1.92 bits per heavy atom. The molecule has 2 rings (SSSR count). The molecule has 1 aliphatic carbocycles. The van der Waals surface area contributed by atoms with Crippen LogP contribution in [0.4, 0.5) is 0 Å². The average molecular weight is 160 g/mol. The van der Waals surface area contributed by atoms with Gasteiger partial charge in [0.05, 0.1) is 0 Å². The van der Waals surface area contributed by atoms with Crippen LogP contribution in [-0.2, 0) is 6.42 Å². The molecule has 0 bridgehead atoms. The molecule has 0 heterocycles. The largest absolute Gasteiger partial charge is 0.0622 e. The van der Waals surface area contributed by atoms with Gasteiger partial charge in [-0.3, -0.25) is 0 Å². The number of hydrogen-bond donors (Lipinski definition) is 0. The summed E-state index contributed by atoms with van der Waals surface area (Å²) < 4.78 is 0. The fraction of sp³-hybridized carbons (Fsp3) is 0.500. The second-order valence-corrected chi connectivity index (χ2v) is 4.00. The van der Waals surface area contributed by atoms with Gasteiger partial charge >= 0.3 is 0 Å². The maximum atomic E-state index is 2.36. The summed E-state index contributed by atoms with van der Waals surface area (Å²) in [6.07, 6.45) is 4.13. The molecule has 1 saturated carbocycles. The van der Waals surface area contributed by atoms with E-state index >= 15 is 0 Å². The minimum absolute atomic E-state index is 1.01. The topological polar surface area (TPSA) is 0 Å². The predicted molar refractivity (Wildman–Crippen MR) is 52.0 cm³/mol. The van der Waals surface area contributed by atoms with Crippen molar-refractivity contribution in [3.05, 3.63) is 35.9 Å². The van der Waals surface area contributed by atoms with Crippen LogP contribution in [0.25, 0.3) is 0 Å². The van der Waals surface area contributed by atoms with E-state index in [1.807, 2.05) is 0 Å². The number of benzene rings is 1. The molecule has 0 nitrogen and oxygen atoms in total. The highest BCUT2D eigenvalue weighted by Crippen LogP contribution is 2.41. The average Bonchev–Trinajstić information content (AvgIpc) is 2.81. The van der Waals surface area contributed by atoms with Crippen molar-refractivity contribution >= 4 is 0 Å². The van der Waals surface area contributed by atoms with Crippen LogP contribution in [0.15, 0.2) is 30.3 Å². The summed E-state index contributed by atoms with van der Waals surface area (Å²) in [4.78, 5) is 0. The zero-order chi connectivity index (χ0) is 8.39. The summed E-state index contributed by atoms with van der Waals surface area (Å²) in [6, 6.07) is 10.8. The summed E-state index contributed by atoms with van der Waals surface area (Å²) >= 11 is 0. The highest BCUT2D eigenvalue weighted by Gasteiger charge is 2.31. The molecule has 1 fully saturated rings. The van der Waals surface area contributed by atoms with Gasteiger partial charge in [0.25, 0.3) is 0 Å². The van der Waals surface area contributed by atoms with Crippen LogP contribution in [0.5, 0.6) is 0 Å². The molecular weight excluding hydrogens is 144 g/mol. The van der Waals surface area contributed by atoms with Gasteiger partial charge in [0.2, 0.25) is 0 Å². The molecule has 0 spiro atoms. The Morgan fingerprint density at radius 1 is 1.25 bits per heavy atom. The van der Waals surface area contributed by atoms with Crippen molar-refractivity contribution in [2.24, 2.45) is 11.8 Å². The van der Waals surface area contributed by atoms with E-state index in [4.69, 9.17) is 0 Å². The summed E-state index contributed by atoms with van der Waals surface area (Å²) in [6.45, 7) is 2.36. The van der Waals surface area contributed by atoms with Crippen LogP contribution in [0, 0.1) is 11.8 Å². The predicted octanol–water partition coefficient (Wildman–Crippen LogP) is 3.28. The monoisotopic (exact) mass is 160 g/mol. The van der Waals surface area contributed by atoms with Crippen molar-refractivity contribution in [3.8, 4) is 0 Å². The zero-order valence-corrected chi connectivity index (χ0v) is 7.66. The van der Waals surface area contributed by atoms with Crippen LogP contribution >= 0.6 is 0 Å². The maximum Gasteiger partial charge on any atom is -0.0276 e. The molecule has 0 aliphatic heterocycles. The Kier molecular flexibility index (Phi) is 2.16. The molecule has 2 atom stereocenters. The van der Waals surface area contributed by atoms with Crippen LogP contribution in [0.2, 0.25) is 0 Å². The number of hydrogen-bond acceptors (Lipinski definition) is 0. The first kappa shape index (κ1) is 7.85. The molecule has 0 heteroatoms. The third-order valence-corrected chi connectivity index (χ3v) is 2.92. The van der Waals surface area contributed by atoms with E-state index in [1.165, 1.54) is 24.8 Å². The van der Waals surface area contributed by atoms with E-state index in [0.717, 1.165) is 11.8 Å². The molecule has 12 heavy (non-hydrogen) atoms. The molecule has 0 aromatic heterocycles. The van der Waals surface area contributed by atoms with Gasteiger partial charge in [-0.05, 0) is 36.7 Å². The maximum absolute atomic E-state index is 2.36. The molecule has 0 saturated heterocycles. The van der Waals surface area contributed by atoms with Gasteiger partial charge in [-0.2, -0.15) is 0 Å². The normalized spacial score (nSPS) is 27.1. The molecule has 1 aliphatic rings. The minimum Gasteiger partial charge on any atom is -0.0622 e. The van der Waals surface area contributed by atoms with Gasteiger partial charge in [0, 0.05) is 0 Å². The Hall–Kier alpha value is -0.780. The van der Waals surface area contributed by atoms with Crippen molar-refractivity contribution in [1.82, 2.24) is 0 Å². The van der Waals surface area contributed by atoms with E-state index < -0.39 is 0 Å². The molecule has 0 amide bonds. The van der Waals surface area contributed by atoms with Gasteiger partial charge in [0.1, 0.15) is 0 Å². The minimum atomic E-state index is 1.01. The van der Waals surface area contributed by atoms with E-state index in [-0.39, 0.29) is 0 Å². The molecule has 1 aromatic carbocycles. The first-order chi connectivity index (χ1) is 5.86. The Labute approximate surface area is 74.6 Å². The molecule has 0 radical (unpaired) electrons. The van der Waals surface area contributed by atoms with Crippen LogP contribution in [0.1, 0.15) is 25.3 Å². The van der Waals surface area contributed by atoms with Crippen molar-refractivity contribution in [2.45, 2.75) is 26.2 Å². The third kappa shape index (κ3) is 1.88. The van der Waals surface area contributed by atoms with Crippen molar-refractivity contribution in [2.75, 3.05) is 0 Å². The highest BCUT2D eigenvalue weighted by atomic mass is 14.4. The smallest absolute Gasteiger partial charge is 0.0276 e. The molecule has 0 unspecified atom stereocenters. The van der Waals surface area contributed by atoms with Crippen LogP contribution in [-0.4, -0.2) is 0 Å². The van der Waals surface area contributed by atoms with Crippen LogP contribution < -0.4 is 0 Å². The number of aryl methyl sites for hydroxylation is 1. The molecule has 1 aromatic rings. The van der Waals surface area contributed by atoms with Crippen molar-refractivity contribution in [1.29, 1.82) is 0 Å². The molecular formula is C12H16. The van der Waals surface area contributed by atoms with E-state index in [0.29, 0.717) is 0 Å². The van der Waals surface area contributed by atoms with Gasteiger partial charge in [-0.1, -0.05) is 37.3 Å². The second kappa shape index (κ2) is 3.30. The Morgan fingerprint density at radius 3 is 2.50 bits per heavy atom. The van der Waals surface area contributed by atoms with Gasteiger partial charge < -0.3 is 0 Å². The van der Waals surface area contributed by atoms with Crippen molar-refractivity contribution < 1.29 is 0 Å². The molecule has 64 valence electrons. The summed E-state index contributed by atoms with van der Waals surface area (Å²) in [5, 5.41) is 0. The van der Waals surface area contributed by atoms with E-state index in [9.17, 15) is 0 Å².